The number of oxazole rings is 1. The van der Waals surface area contributed by atoms with Crippen molar-refractivity contribution in [3.05, 3.63) is 29.7 Å². The number of aliphatic hydroxyl groups is 1. The fourth-order valence-electron chi connectivity index (χ4n) is 1.16. The first kappa shape index (κ1) is 8.71. The van der Waals surface area contributed by atoms with Gasteiger partial charge in [0.1, 0.15) is 5.52 Å². The Morgan fingerprint density at radius 2 is 2.29 bits per heavy atom. The van der Waals surface area contributed by atoms with Crippen LogP contribution in [0.3, 0.4) is 0 Å². The van der Waals surface area contributed by atoms with Gasteiger partial charge in [-0.2, -0.15) is 0 Å². The van der Waals surface area contributed by atoms with Gasteiger partial charge in [0, 0.05) is 0 Å². The van der Waals surface area contributed by atoms with E-state index in [0.717, 1.165) is 0 Å². The first-order valence-corrected chi connectivity index (χ1v) is 3.94. The lowest BCUT2D eigenvalue weighted by Crippen LogP contribution is -1.94. The molecule has 0 aliphatic carbocycles. The smallest absolute Gasteiger partial charge is 0.392 e. The molecule has 1 heterocycles. The average molecular weight is 193 g/mol. The molecule has 0 saturated carbocycles. The molecule has 0 spiro atoms. The van der Waals surface area contributed by atoms with Crippen molar-refractivity contribution in [2.75, 3.05) is 0 Å². The van der Waals surface area contributed by atoms with Crippen molar-refractivity contribution in [3.63, 3.8) is 0 Å². The number of carboxylic acids is 1. The second-order valence-electron chi connectivity index (χ2n) is 2.78. The molecule has 2 rings (SSSR count). The zero-order chi connectivity index (χ0) is 10.1. The van der Waals surface area contributed by atoms with Crippen LogP contribution in [-0.2, 0) is 6.61 Å². The van der Waals surface area contributed by atoms with Crippen molar-refractivity contribution in [2.45, 2.75) is 6.61 Å². The summed E-state index contributed by atoms with van der Waals surface area (Å²) >= 11 is 0. The predicted molar refractivity (Wildman–Crippen MR) is 46.9 cm³/mol. The predicted octanol–water partition coefficient (Wildman–Crippen LogP) is 1.02. The lowest BCUT2D eigenvalue weighted by atomic mass is 10.2. The molecule has 5 heteroatoms. The Morgan fingerprint density at radius 3 is 2.93 bits per heavy atom. The minimum absolute atomic E-state index is 0.112. The summed E-state index contributed by atoms with van der Waals surface area (Å²) in [7, 11) is 0. The minimum Gasteiger partial charge on any atom is -0.474 e. The van der Waals surface area contributed by atoms with Gasteiger partial charge >= 0.3 is 11.9 Å². The van der Waals surface area contributed by atoms with Crippen molar-refractivity contribution in [2.24, 2.45) is 0 Å². The first-order chi connectivity index (χ1) is 6.70. The average Bonchev–Trinajstić information content (AvgIpc) is 2.59. The van der Waals surface area contributed by atoms with Crippen molar-refractivity contribution in [1.82, 2.24) is 4.98 Å². The van der Waals surface area contributed by atoms with E-state index in [1.165, 1.54) is 0 Å². The summed E-state index contributed by atoms with van der Waals surface area (Å²) < 4.78 is 4.95. The van der Waals surface area contributed by atoms with Gasteiger partial charge in [-0.25, -0.2) is 9.78 Å². The molecular formula is C9H7NO4. The third-order valence-corrected chi connectivity index (χ3v) is 1.82. The molecule has 0 radical (unpaired) electrons. The number of hydrogen-bond acceptors (Lipinski definition) is 4. The Bertz CT molecular complexity index is 489. The van der Waals surface area contributed by atoms with Crippen LogP contribution in [0, 0.1) is 0 Å². The fraction of sp³-hybridized carbons (Fsp3) is 0.111. The third kappa shape index (κ3) is 1.33. The van der Waals surface area contributed by atoms with E-state index >= 15 is 0 Å². The van der Waals surface area contributed by atoms with Gasteiger partial charge in [0.2, 0.25) is 0 Å². The molecule has 0 aliphatic heterocycles. The fourth-order valence-corrected chi connectivity index (χ4v) is 1.16. The van der Waals surface area contributed by atoms with Crippen LogP contribution in [0.2, 0.25) is 0 Å². The lowest BCUT2D eigenvalue weighted by Gasteiger charge is -1.92. The largest absolute Gasteiger partial charge is 0.474 e. The van der Waals surface area contributed by atoms with Gasteiger partial charge in [0.05, 0.1) is 6.61 Å². The van der Waals surface area contributed by atoms with E-state index in [4.69, 9.17) is 14.6 Å². The lowest BCUT2D eigenvalue weighted by molar-refractivity contribution is 0.0656. The Morgan fingerprint density at radius 1 is 1.50 bits per heavy atom. The molecular weight excluding hydrogens is 186 g/mol. The highest BCUT2D eigenvalue weighted by molar-refractivity contribution is 5.86. The molecule has 2 N–H and O–H groups in total. The maximum Gasteiger partial charge on any atom is 0.392 e. The van der Waals surface area contributed by atoms with Crippen LogP contribution < -0.4 is 0 Å². The van der Waals surface area contributed by atoms with Crippen molar-refractivity contribution in [1.29, 1.82) is 0 Å². The summed E-state index contributed by atoms with van der Waals surface area (Å²) in [5.74, 6) is -1.54. The molecule has 0 unspecified atom stereocenters. The molecule has 5 nitrogen and oxygen atoms in total. The van der Waals surface area contributed by atoms with Gasteiger partial charge in [-0.3, -0.25) is 0 Å². The Labute approximate surface area is 78.6 Å². The highest BCUT2D eigenvalue weighted by Gasteiger charge is 2.12. The highest BCUT2D eigenvalue weighted by Crippen LogP contribution is 2.17. The van der Waals surface area contributed by atoms with Crippen LogP contribution in [-0.4, -0.2) is 21.2 Å². The summed E-state index contributed by atoms with van der Waals surface area (Å²) in [6.07, 6.45) is 0. The molecule has 0 aliphatic rings. The van der Waals surface area contributed by atoms with Crippen molar-refractivity contribution >= 4 is 17.1 Å². The van der Waals surface area contributed by atoms with Crippen LogP contribution in [0.15, 0.2) is 22.6 Å². The molecule has 0 amide bonds. The van der Waals surface area contributed by atoms with E-state index in [0.29, 0.717) is 16.7 Å². The number of aromatic nitrogens is 1. The molecule has 0 bridgehead atoms. The normalized spacial score (nSPS) is 10.6. The van der Waals surface area contributed by atoms with Crippen molar-refractivity contribution < 1.29 is 19.4 Å². The third-order valence-electron chi connectivity index (χ3n) is 1.82. The van der Waals surface area contributed by atoms with Crippen molar-refractivity contribution in [3.8, 4) is 0 Å². The minimum atomic E-state index is -1.20. The number of rotatable bonds is 2. The van der Waals surface area contributed by atoms with Gasteiger partial charge in [0.15, 0.2) is 5.58 Å². The standard InChI is InChI=1S/C9H7NO4/c11-4-5-1-2-6-7(3-5)14-8(10-6)9(12)13/h1-3,11H,4H2,(H,12,13). The van der Waals surface area contributed by atoms with Crippen LogP contribution in [0.25, 0.3) is 11.1 Å². The quantitative estimate of drug-likeness (QED) is 0.743. The number of carbonyl (C=O) groups is 1. The number of hydrogen-bond donors (Lipinski definition) is 2. The van der Waals surface area contributed by atoms with E-state index in [-0.39, 0.29) is 12.5 Å². The zero-order valence-electron chi connectivity index (χ0n) is 7.10. The summed E-state index contributed by atoms with van der Waals surface area (Å²) in [5.41, 5.74) is 1.50. The Kier molecular flexibility index (Phi) is 1.94. The van der Waals surface area contributed by atoms with Gasteiger partial charge in [-0.1, -0.05) is 6.07 Å². The topological polar surface area (TPSA) is 83.6 Å². The number of nitrogens with zero attached hydrogens (tertiary/aromatic N) is 1. The molecule has 1 aromatic heterocycles. The number of aromatic carboxylic acids is 1. The molecule has 72 valence electrons. The van der Waals surface area contributed by atoms with Crippen LogP contribution in [0.5, 0.6) is 0 Å². The molecule has 2 aromatic rings. The summed E-state index contributed by atoms with van der Waals surface area (Å²) in [6.45, 7) is -0.112. The highest BCUT2D eigenvalue weighted by atomic mass is 16.4. The van der Waals surface area contributed by atoms with Crippen LogP contribution in [0.1, 0.15) is 16.2 Å². The molecule has 0 atom stereocenters. The maximum absolute atomic E-state index is 10.5. The van der Waals surface area contributed by atoms with E-state index in [2.05, 4.69) is 4.98 Å². The molecule has 0 saturated heterocycles. The number of benzene rings is 1. The Balaban J connectivity index is 2.60. The van der Waals surface area contributed by atoms with Crippen LogP contribution in [0.4, 0.5) is 0 Å². The van der Waals surface area contributed by atoms with E-state index in [9.17, 15) is 4.79 Å². The van der Waals surface area contributed by atoms with E-state index < -0.39 is 5.97 Å². The number of carboxylic acid groups (broad SMARTS) is 1. The van der Waals surface area contributed by atoms with E-state index in [1.807, 2.05) is 0 Å². The molecule has 0 fully saturated rings. The van der Waals surface area contributed by atoms with Gasteiger partial charge in [-0.15, -0.1) is 0 Å². The summed E-state index contributed by atoms with van der Waals surface area (Å²) in [5, 5.41) is 17.4. The zero-order valence-corrected chi connectivity index (χ0v) is 7.10. The summed E-state index contributed by atoms with van der Waals surface area (Å²) in [4.78, 5) is 14.3. The maximum atomic E-state index is 10.5. The van der Waals surface area contributed by atoms with E-state index in [1.54, 1.807) is 18.2 Å². The summed E-state index contributed by atoms with van der Waals surface area (Å²) in [6, 6.07) is 4.84. The molecule has 14 heavy (non-hydrogen) atoms. The molecule has 1 aromatic carbocycles. The van der Waals surface area contributed by atoms with Crippen LogP contribution >= 0.6 is 0 Å². The van der Waals surface area contributed by atoms with Gasteiger partial charge in [-0.05, 0) is 17.7 Å². The number of fused-ring (bicyclic) bond motifs is 1. The Hall–Kier alpha value is -1.88. The first-order valence-electron chi connectivity index (χ1n) is 3.94. The second kappa shape index (κ2) is 3.12. The van der Waals surface area contributed by atoms with Gasteiger partial charge in [0.25, 0.3) is 0 Å². The SMILES string of the molecule is O=C(O)c1nc2ccc(CO)cc2o1. The van der Waals surface area contributed by atoms with Gasteiger partial charge < -0.3 is 14.6 Å². The monoisotopic (exact) mass is 193 g/mol. The number of aliphatic hydroxyl groups excluding tert-OH is 1. The second-order valence-corrected chi connectivity index (χ2v) is 2.78.